The summed E-state index contributed by atoms with van der Waals surface area (Å²) in [6.45, 7) is 0. The van der Waals surface area contributed by atoms with Crippen molar-refractivity contribution in [3.05, 3.63) is 28.5 Å². The van der Waals surface area contributed by atoms with Crippen molar-refractivity contribution in [2.45, 2.75) is 4.90 Å². The molecule has 1 rings (SSSR count). The summed E-state index contributed by atoms with van der Waals surface area (Å²) < 4.78 is 28.5. The highest BCUT2D eigenvalue weighted by Gasteiger charge is 2.18. The number of methoxy groups -OCH3 is 1. The Hall–Kier alpha value is -0.650. The van der Waals surface area contributed by atoms with Crippen LogP contribution in [-0.2, 0) is 14.7 Å². The van der Waals surface area contributed by atoms with E-state index in [1.807, 2.05) is 0 Å². The summed E-state index contributed by atoms with van der Waals surface area (Å²) in [5, 5.41) is -0.258. The quantitative estimate of drug-likeness (QED) is 0.613. The molecule has 0 aliphatic rings. The molecule has 0 aliphatic carbocycles. The third-order valence-corrected chi connectivity index (χ3v) is 3.07. The summed E-state index contributed by atoms with van der Waals surface area (Å²) in [4.78, 5) is 11.1. The molecule has 0 heterocycles. The molecule has 7 heteroatoms. The topological polar surface area (TPSA) is 43.4 Å². The van der Waals surface area contributed by atoms with Crippen LogP contribution in [0.2, 0.25) is 5.02 Å². The van der Waals surface area contributed by atoms with Crippen molar-refractivity contribution in [1.82, 2.24) is 0 Å². The third kappa shape index (κ3) is 2.68. The van der Waals surface area contributed by atoms with Gasteiger partial charge in [0, 0.05) is 0 Å². The Labute approximate surface area is 97.1 Å². The van der Waals surface area contributed by atoms with E-state index in [9.17, 15) is 13.4 Å². The number of rotatable bonds is 2. The molecule has 0 radical (unpaired) electrons. The van der Waals surface area contributed by atoms with Crippen LogP contribution in [0, 0.1) is 5.82 Å². The summed E-state index contributed by atoms with van der Waals surface area (Å²) >= 11 is 5.46. The Kier molecular flexibility index (Phi) is 4.07. The van der Waals surface area contributed by atoms with Gasteiger partial charge in [0.25, 0.3) is 0 Å². The number of halogens is 3. The largest absolute Gasteiger partial charge is 0.465 e. The SMILES string of the molecule is COC(=O)c1cc(F)c(Cl)cc1S(=O)Cl. The molecule has 0 saturated carbocycles. The summed E-state index contributed by atoms with van der Waals surface area (Å²) in [5.74, 6) is -1.63. The van der Waals surface area contributed by atoms with Gasteiger partial charge in [-0.2, -0.15) is 0 Å². The van der Waals surface area contributed by atoms with Crippen molar-refractivity contribution in [1.29, 1.82) is 0 Å². The smallest absolute Gasteiger partial charge is 0.339 e. The zero-order valence-corrected chi connectivity index (χ0v) is 9.75. The van der Waals surface area contributed by atoms with E-state index < -0.39 is 21.8 Å². The summed E-state index contributed by atoms with van der Waals surface area (Å²) in [7, 11) is 4.48. The first kappa shape index (κ1) is 12.4. The predicted octanol–water partition coefficient (Wildman–Crippen LogP) is 2.53. The fraction of sp³-hybridized carbons (Fsp3) is 0.125. The van der Waals surface area contributed by atoms with E-state index in [0.29, 0.717) is 0 Å². The van der Waals surface area contributed by atoms with Gasteiger partial charge in [-0.1, -0.05) is 11.6 Å². The molecule has 1 atom stereocenters. The molecule has 1 aromatic rings. The van der Waals surface area contributed by atoms with Crippen molar-refractivity contribution in [3.63, 3.8) is 0 Å². The summed E-state index contributed by atoms with van der Waals surface area (Å²) in [6.07, 6.45) is 0. The highest BCUT2D eigenvalue weighted by atomic mass is 35.7. The van der Waals surface area contributed by atoms with Gasteiger partial charge in [0.15, 0.2) is 0 Å². The minimum absolute atomic E-state index is 0.0742. The van der Waals surface area contributed by atoms with E-state index in [0.717, 1.165) is 19.2 Å². The molecule has 0 aliphatic heterocycles. The van der Waals surface area contributed by atoms with E-state index in [-0.39, 0.29) is 15.5 Å². The maximum Gasteiger partial charge on any atom is 0.339 e. The molecule has 0 spiro atoms. The molecule has 0 amide bonds. The van der Waals surface area contributed by atoms with Crippen LogP contribution in [0.15, 0.2) is 17.0 Å². The zero-order chi connectivity index (χ0) is 11.6. The molecule has 82 valence electrons. The monoisotopic (exact) mass is 270 g/mol. The standard InChI is InChI=1S/C8H5Cl2FO3S/c1-14-8(12)4-2-6(11)5(9)3-7(4)15(10)13/h2-3H,1H3. The van der Waals surface area contributed by atoms with E-state index in [1.165, 1.54) is 0 Å². The second kappa shape index (κ2) is 4.92. The lowest BCUT2D eigenvalue weighted by atomic mass is 10.2. The Morgan fingerprint density at radius 1 is 1.53 bits per heavy atom. The fourth-order valence-electron chi connectivity index (χ4n) is 0.931. The van der Waals surface area contributed by atoms with Crippen LogP contribution in [0.5, 0.6) is 0 Å². The van der Waals surface area contributed by atoms with Crippen LogP contribution in [0.1, 0.15) is 10.4 Å². The molecule has 15 heavy (non-hydrogen) atoms. The first-order chi connectivity index (χ1) is 6.97. The van der Waals surface area contributed by atoms with E-state index >= 15 is 0 Å². The van der Waals surface area contributed by atoms with E-state index in [4.69, 9.17) is 22.3 Å². The maximum atomic E-state index is 13.0. The molecule has 0 fully saturated rings. The minimum atomic E-state index is -1.96. The third-order valence-electron chi connectivity index (χ3n) is 1.60. The predicted molar refractivity (Wildman–Crippen MR) is 55.0 cm³/mol. The first-order valence-electron chi connectivity index (χ1n) is 3.62. The van der Waals surface area contributed by atoms with Crippen LogP contribution < -0.4 is 0 Å². The lowest BCUT2D eigenvalue weighted by Gasteiger charge is -2.05. The molecule has 1 aromatic carbocycles. The molecule has 1 unspecified atom stereocenters. The van der Waals surface area contributed by atoms with Crippen LogP contribution in [0.25, 0.3) is 0 Å². The van der Waals surface area contributed by atoms with Gasteiger partial charge in [-0.25, -0.2) is 13.4 Å². The lowest BCUT2D eigenvalue weighted by Crippen LogP contribution is -2.06. The second-order valence-electron chi connectivity index (χ2n) is 2.48. The van der Waals surface area contributed by atoms with E-state index in [1.54, 1.807) is 0 Å². The maximum absolute atomic E-state index is 13.0. The molecule has 0 N–H and O–H groups in total. The number of hydrogen-bond acceptors (Lipinski definition) is 3. The highest BCUT2D eigenvalue weighted by Crippen LogP contribution is 2.24. The molecule has 0 bridgehead atoms. The Bertz CT molecular complexity index is 436. The molecular formula is C8H5Cl2FO3S. The number of ether oxygens (including phenoxy) is 1. The minimum Gasteiger partial charge on any atom is -0.465 e. The molecular weight excluding hydrogens is 266 g/mol. The zero-order valence-electron chi connectivity index (χ0n) is 7.42. The van der Waals surface area contributed by atoms with Crippen molar-refractivity contribution in [2.75, 3.05) is 7.11 Å². The Morgan fingerprint density at radius 3 is 2.60 bits per heavy atom. The lowest BCUT2D eigenvalue weighted by molar-refractivity contribution is 0.0596. The normalized spacial score (nSPS) is 12.3. The van der Waals surface area contributed by atoms with Gasteiger partial charge in [-0.05, 0) is 22.8 Å². The van der Waals surface area contributed by atoms with Crippen molar-refractivity contribution >= 4 is 38.3 Å². The van der Waals surface area contributed by atoms with Gasteiger partial charge in [0.2, 0.25) is 0 Å². The Balaban J connectivity index is 3.41. The summed E-state index contributed by atoms with van der Waals surface area (Å²) in [6, 6.07) is 1.87. The number of hydrogen-bond donors (Lipinski definition) is 0. The van der Waals surface area contributed by atoms with Gasteiger partial charge in [0.1, 0.15) is 15.8 Å². The van der Waals surface area contributed by atoms with Crippen LogP contribution in [-0.4, -0.2) is 17.3 Å². The molecule has 0 saturated heterocycles. The van der Waals surface area contributed by atoms with Crippen molar-refractivity contribution in [2.24, 2.45) is 0 Å². The van der Waals surface area contributed by atoms with Crippen molar-refractivity contribution < 1.29 is 18.1 Å². The fourth-order valence-corrected chi connectivity index (χ4v) is 2.07. The number of carbonyl (C=O) groups excluding carboxylic acids is 1. The van der Waals surface area contributed by atoms with Gasteiger partial charge in [-0.3, -0.25) is 0 Å². The van der Waals surface area contributed by atoms with Gasteiger partial charge >= 0.3 is 5.97 Å². The van der Waals surface area contributed by atoms with Gasteiger partial charge in [0.05, 0.1) is 22.6 Å². The van der Waals surface area contributed by atoms with Gasteiger partial charge < -0.3 is 4.74 Å². The number of benzene rings is 1. The van der Waals surface area contributed by atoms with E-state index in [2.05, 4.69) is 4.74 Å². The highest BCUT2D eigenvalue weighted by molar-refractivity contribution is 8.08. The summed E-state index contributed by atoms with van der Waals surface area (Å²) in [5.41, 5.74) is -0.201. The average molecular weight is 271 g/mol. The number of esters is 1. The first-order valence-corrected chi connectivity index (χ1v) is 5.98. The average Bonchev–Trinajstić information content (AvgIpc) is 2.20. The van der Waals surface area contributed by atoms with Crippen LogP contribution in [0.3, 0.4) is 0 Å². The van der Waals surface area contributed by atoms with Crippen molar-refractivity contribution in [3.8, 4) is 0 Å². The van der Waals surface area contributed by atoms with Gasteiger partial charge in [-0.15, -0.1) is 0 Å². The second-order valence-corrected chi connectivity index (χ2v) is 4.61. The van der Waals surface area contributed by atoms with Crippen LogP contribution in [0.4, 0.5) is 4.39 Å². The molecule has 0 aromatic heterocycles. The Morgan fingerprint density at radius 2 is 2.13 bits per heavy atom. The number of carbonyl (C=O) groups is 1. The molecule has 3 nitrogen and oxygen atoms in total. The van der Waals surface area contributed by atoms with Crippen LogP contribution >= 0.6 is 22.3 Å².